The minimum absolute atomic E-state index is 0.0590. The van der Waals surface area contributed by atoms with Gasteiger partial charge in [-0.3, -0.25) is 0 Å². The van der Waals surface area contributed by atoms with Crippen LogP contribution in [0.25, 0.3) is 10.9 Å². The maximum Gasteiger partial charge on any atom is 0.256 e. The van der Waals surface area contributed by atoms with Crippen LogP contribution in [0.2, 0.25) is 0 Å². The topological polar surface area (TPSA) is 45.1 Å². The van der Waals surface area contributed by atoms with Crippen LogP contribution in [0.3, 0.4) is 0 Å². The number of halogens is 2. The van der Waals surface area contributed by atoms with Gasteiger partial charge in [-0.1, -0.05) is 18.2 Å². The first-order valence-electron chi connectivity index (χ1n) is 4.67. The molecule has 0 aliphatic heterocycles. The SMILES string of the molecule is O=C([O-])c1cn(CC(F)F)c2ccccc12. The van der Waals surface area contributed by atoms with Crippen LogP contribution in [0.15, 0.2) is 30.5 Å². The molecule has 5 heteroatoms. The summed E-state index contributed by atoms with van der Waals surface area (Å²) in [5, 5.41) is 11.2. The van der Waals surface area contributed by atoms with E-state index in [9.17, 15) is 18.7 Å². The number of benzene rings is 1. The Morgan fingerprint density at radius 1 is 1.38 bits per heavy atom. The van der Waals surface area contributed by atoms with Crippen molar-refractivity contribution in [2.24, 2.45) is 0 Å². The van der Waals surface area contributed by atoms with Gasteiger partial charge in [0.25, 0.3) is 6.43 Å². The van der Waals surface area contributed by atoms with Crippen LogP contribution in [0.1, 0.15) is 10.4 Å². The second-order valence-corrected chi connectivity index (χ2v) is 3.39. The fraction of sp³-hybridized carbons (Fsp3) is 0.182. The summed E-state index contributed by atoms with van der Waals surface area (Å²) in [6, 6.07) is 6.50. The molecule has 1 heterocycles. The average Bonchev–Trinajstić information content (AvgIpc) is 2.57. The highest BCUT2D eigenvalue weighted by atomic mass is 19.3. The molecule has 0 amide bonds. The lowest BCUT2D eigenvalue weighted by Crippen LogP contribution is -2.21. The average molecular weight is 224 g/mol. The molecule has 1 aromatic carbocycles. The fourth-order valence-electron chi connectivity index (χ4n) is 1.71. The van der Waals surface area contributed by atoms with Crippen molar-refractivity contribution < 1.29 is 18.7 Å². The van der Waals surface area contributed by atoms with Crippen molar-refractivity contribution in [3.8, 4) is 0 Å². The summed E-state index contributed by atoms with van der Waals surface area (Å²) in [6.07, 6.45) is -1.34. The predicted octanol–water partition coefficient (Wildman–Crippen LogP) is 1.27. The molecule has 2 rings (SSSR count). The maximum atomic E-state index is 12.3. The van der Waals surface area contributed by atoms with Crippen LogP contribution in [-0.4, -0.2) is 17.0 Å². The van der Waals surface area contributed by atoms with Crippen molar-refractivity contribution in [2.45, 2.75) is 13.0 Å². The molecule has 0 saturated carbocycles. The van der Waals surface area contributed by atoms with Crippen LogP contribution in [0.4, 0.5) is 8.78 Å². The van der Waals surface area contributed by atoms with Gasteiger partial charge < -0.3 is 14.5 Å². The van der Waals surface area contributed by atoms with E-state index in [1.165, 1.54) is 10.8 Å². The molecule has 0 bridgehead atoms. The molecule has 0 unspecified atom stereocenters. The van der Waals surface area contributed by atoms with E-state index in [2.05, 4.69) is 0 Å². The summed E-state index contributed by atoms with van der Waals surface area (Å²) in [6.45, 7) is -0.520. The lowest BCUT2D eigenvalue weighted by molar-refractivity contribution is -0.254. The highest BCUT2D eigenvalue weighted by molar-refractivity contribution is 6.02. The Bertz CT molecular complexity index is 534. The van der Waals surface area contributed by atoms with Gasteiger partial charge in [0.15, 0.2) is 0 Å². The Hall–Kier alpha value is -1.91. The summed E-state index contributed by atoms with van der Waals surface area (Å²) in [4.78, 5) is 10.8. The van der Waals surface area contributed by atoms with E-state index in [0.29, 0.717) is 10.9 Å². The number of alkyl halides is 2. The smallest absolute Gasteiger partial charge is 0.256 e. The maximum absolute atomic E-state index is 12.3. The summed E-state index contributed by atoms with van der Waals surface area (Å²) >= 11 is 0. The number of fused-ring (bicyclic) bond motifs is 1. The van der Waals surface area contributed by atoms with Gasteiger partial charge in [0.2, 0.25) is 0 Å². The van der Waals surface area contributed by atoms with Crippen molar-refractivity contribution in [1.29, 1.82) is 0 Å². The van der Waals surface area contributed by atoms with Crippen LogP contribution in [-0.2, 0) is 6.54 Å². The Morgan fingerprint density at radius 2 is 2.06 bits per heavy atom. The highest BCUT2D eigenvalue weighted by Crippen LogP contribution is 2.21. The largest absolute Gasteiger partial charge is 0.545 e. The minimum Gasteiger partial charge on any atom is -0.545 e. The quantitative estimate of drug-likeness (QED) is 0.788. The fourth-order valence-corrected chi connectivity index (χ4v) is 1.71. The molecule has 0 N–H and O–H groups in total. The second kappa shape index (κ2) is 3.92. The zero-order chi connectivity index (χ0) is 11.7. The van der Waals surface area contributed by atoms with Gasteiger partial charge in [-0.25, -0.2) is 8.78 Å². The molecule has 0 aliphatic rings. The third-order valence-electron chi connectivity index (χ3n) is 2.34. The van der Waals surface area contributed by atoms with Gasteiger partial charge in [0, 0.05) is 22.7 Å². The Balaban J connectivity index is 2.62. The number of rotatable bonds is 3. The molecule has 0 radical (unpaired) electrons. The van der Waals surface area contributed by atoms with E-state index in [-0.39, 0.29) is 5.56 Å². The first-order chi connectivity index (χ1) is 7.59. The third-order valence-corrected chi connectivity index (χ3v) is 2.34. The molecule has 0 aliphatic carbocycles. The molecule has 0 saturated heterocycles. The number of carboxylic acids is 1. The van der Waals surface area contributed by atoms with Crippen molar-refractivity contribution in [1.82, 2.24) is 4.57 Å². The van der Waals surface area contributed by atoms with Gasteiger partial charge in [0.1, 0.15) is 0 Å². The Kier molecular flexibility index (Phi) is 2.60. The van der Waals surface area contributed by atoms with E-state index in [4.69, 9.17) is 0 Å². The molecule has 3 nitrogen and oxygen atoms in total. The van der Waals surface area contributed by atoms with E-state index in [1.807, 2.05) is 0 Å². The normalized spacial score (nSPS) is 11.2. The zero-order valence-electron chi connectivity index (χ0n) is 8.19. The second-order valence-electron chi connectivity index (χ2n) is 3.39. The van der Waals surface area contributed by atoms with Gasteiger partial charge in [0.05, 0.1) is 12.5 Å². The number of hydrogen-bond acceptors (Lipinski definition) is 2. The zero-order valence-corrected chi connectivity index (χ0v) is 8.19. The van der Waals surface area contributed by atoms with E-state index >= 15 is 0 Å². The molecule has 84 valence electrons. The Morgan fingerprint density at radius 3 is 2.69 bits per heavy atom. The van der Waals surface area contributed by atoms with Gasteiger partial charge in [-0.2, -0.15) is 0 Å². The van der Waals surface area contributed by atoms with E-state index in [0.717, 1.165) is 0 Å². The van der Waals surface area contributed by atoms with Crippen molar-refractivity contribution >= 4 is 16.9 Å². The summed E-state index contributed by atoms with van der Waals surface area (Å²) in [7, 11) is 0. The molecule has 0 fully saturated rings. The highest BCUT2D eigenvalue weighted by Gasteiger charge is 2.11. The minimum atomic E-state index is -2.52. The number of carbonyl (C=O) groups is 1. The number of hydrogen-bond donors (Lipinski definition) is 0. The van der Waals surface area contributed by atoms with Crippen molar-refractivity contribution in [3.05, 3.63) is 36.0 Å². The molecule has 16 heavy (non-hydrogen) atoms. The molecule has 2 aromatic rings. The van der Waals surface area contributed by atoms with Gasteiger partial charge >= 0.3 is 0 Å². The first kappa shape index (κ1) is 10.6. The molecule has 1 aromatic heterocycles. The van der Waals surface area contributed by atoms with Crippen LogP contribution in [0, 0.1) is 0 Å². The van der Waals surface area contributed by atoms with Gasteiger partial charge in [-0.15, -0.1) is 0 Å². The number of aromatic carboxylic acids is 1. The van der Waals surface area contributed by atoms with Crippen LogP contribution < -0.4 is 5.11 Å². The number of carboxylic acid groups (broad SMARTS) is 1. The standard InChI is InChI=1S/C11H9F2NO2/c12-10(13)6-14-5-8(11(15)16)7-3-1-2-4-9(7)14/h1-5,10H,6H2,(H,15,16)/p-1. The number of aromatic nitrogens is 1. The van der Waals surface area contributed by atoms with E-state index < -0.39 is 18.9 Å². The van der Waals surface area contributed by atoms with Crippen LogP contribution in [0.5, 0.6) is 0 Å². The Labute approximate surface area is 89.9 Å². The monoisotopic (exact) mass is 224 g/mol. The molecular weight excluding hydrogens is 216 g/mol. The lowest BCUT2D eigenvalue weighted by atomic mass is 10.2. The molecular formula is C11H8F2NO2-. The van der Waals surface area contributed by atoms with E-state index in [1.54, 1.807) is 24.3 Å². The number of para-hydroxylation sites is 1. The predicted molar refractivity (Wildman–Crippen MR) is 52.3 cm³/mol. The first-order valence-corrected chi connectivity index (χ1v) is 4.67. The number of carbonyl (C=O) groups excluding carboxylic acids is 1. The molecule has 0 spiro atoms. The van der Waals surface area contributed by atoms with Gasteiger partial charge in [-0.05, 0) is 6.07 Å². The summed E-state index contributed by atoms with van der Waals surface area (Å²) in [5.74, 6) is -1.36. The molecule has 0 atom stereocenters. The third kappa shape index (κ3) is 1.76. The summed E-state index contributed by atoms with van der Waals surface area (Å²) < 4.78 is 25.8. The summed E-state index contributed by atoms with van der Waals surface area (Å²) in [5.41, 5.74) is 0.415. The van der Waals surface area contributed by atoms with Crippen LogP contribution >= 0.6 is 0 Å². The lowest BCUT2D eigenvalue weighted by Gasteiger charge is -2.02. The number of nitrogens with zero attached hydrogens (tertiary/aromatic N) is 1. The van der Waals surface area contributed by atoms with Crippen molar-refractivity contribution in [2.75, 3.05) is 0 Å². The van der Waals surface area contributed by atoms with Crippen molar-refractivity contribution in [3.63, 3.8) is 0 Å².